The van der Waals surface area contributed by atoms with E-state index in [0.29, 0.717) is 13.0 Å². The molecule has 3 aliphatic rings. The van der Waals surface area contributed by atoms with E-state index < -0.39 is 0 Å². The molecule has 3 aliphatic heterocycles. The Hall–Kier alpha value is -2.40. The minimum absolute atomic E-state index is 0.0542. The second-order valence-corrected chi connectivity index (χ2v) is 9.07. The Bertz CT molecular complexity index is 890. The smallest absolute Gasteiger partial charge is 0.227 e. The van der Waals surface area contributed by atoms with Crippen molar-refractivity contribution in [3.8, 4) is 5.75 Å². The number of ether oxygens (including phenoxy) is 2. The Morgan fingerprint density at radius 2 is 2.04 bits per heavy atom. The fourth-order valence-electron chi connectivity index (χ4n) is 5.05. The summed E-state index contributed by atoms with van der Waals surface area (Å²) in [6.07, 6.45) is 5.01. The van der Waals surface area contributed by atoms with Gasteiger partial charge in [-0.1, -0.05) is 24.3 Å². The lowest BCUT2D eigenvalue weighted by atomic mass is 9.64. The van der Waals surface area contributed by atoms with Gasteiger partial charge >= 0.3 is 0 Å². The standard InChI is InChI=1S/C23H26N2O3/c1-22(2)18-11-23(15-27-21(18)17-7-3-4-8-19(17)28-22)13-25(14-23)20(26)10-16-6-5-9-24-12-16/h3-9,12,18,21H,10-11,13-15H2,1-2H3/t18-,21+/m0/s1. The Balaban J connectivity index is 1.28. The molecule has 2 fully saturated rings. The maximum Gasteiger partial charge on any atom is 0.227 e. The van der Waals surface area contributed by atoms with Crippen molar-refractivity contribution in [3.05, 3.63) is 59.9 Å². The van der Waals surface area contributed by atoms with Crippen molar-refractivity contribution in [1.29, 1.82) is 0 Å². The molecule has 146 valence electrons. The largest absolute Gasteiger partial charge is 0.487 e. The number of carbonyl (C=O) groups excluding carboxylic acids is 1. The Kier molecular flexibility index (Phi) is 3.98. The molecule has 2 saturated heterocycles. The predicted molar refractivity (Wildman–Crippen MR) is 105 cm³/mol. The summed E-state index contributed by atoms with van der Waals surface area (Å²) in [5, 5.41) is 0. The molecule has 28 heavy (non-hydrogen) atoms. The summed E-state index contributed by atoms with van der Waals surface area (Å²) < 4.78 is 12.8. The summed E-state index contributed by atoms with van der Waals surface area (Å²) in [5.41, 5.74) is 1.89. The molecule has 1 aromatic carbocycles. The molecule has 0 saturated carbocycles. The lowest BCUT2D eigenvalue weighted by molar-refractivity contribution is -0.201. The maximum atomic E-state index is 12.6. The van der Waals surface area contributed by atoms with Gasteiger partial charge in [0.1, 0.15) is 11.4 Å². The average Bonchev–Trinajstić information content (AvgIpc) is 2.66. The number of para-hydroxylation sites is 1. The number of amides is 1. The number of pyridine rings is 1. The number of fused-ring (bicyclic) bond motifs is 3. The van der Waals surface area contributed by atoms with Crippen LogP contribution in [0.5, 0.6) is 5.75 Å². The highest BCUT2D eigenvalue weighted by Crippen LogP contribution is 2.55. The number of hydrogen-bond acceptors (Lipinski definition) is 4. The van der Waals surface area contributed by atoms with Crippen LogP contribution in [0.1, 0.15) is 37.5 Å². The molecule has 0 bridgehead atoms. The number of likely N-dealkylation sites (tertiary alicyclic amines) is 1. The van der Waals surface area contributed by atoms with Gasteiger partial charge in [-0.15, -0.1) is 0 Å². The van der Waals surface area contributed by atoms with Crippen LogP contribution in [0.2, 0.25) is 0 Å². The molecule has 0 aliphatic carbocycles. The molecule has 1 amide bonds. The summed E-state index contributed by atoms with van der Waals surface area (Å²) >= 11 is 0. The number of hydrogen-bond donors (Lipinski definition) is 0. The van der Waals surface area contributed by atoms with Gasteiger partial charge < -0.3 is 14.4 Å². The van der Waals surface area contributed by atoms with Crippen LogP contribution in [0.4, 0.5) is 0 Å². The number of nitrogens with zero attached hydrogens (tertiary/aromatic N) is 2. The predicted octanol–water partition coefficient (Wildman–Crippen LogP) is 3.40. The first-order valence-electron chi connectivity index (χ1n) is 10.0. The van der Waals surface area contributed by atoms with E-state index in [1.165, 1.54) is 0 Å². The zero-order valence-electron chi connectivity index (χ0n) is 16.4. The van der Waals surface area contributed by atoms with Gasteiger partial charge in [0.25, 0.3) is 0 Å². The highest BCUT2D eigenvalue weighted by atomic mass is 16.5. The molecule has 2 atom stereocenters. The monoisotopic (exact) mass is 378 g/mol. The molecule has 1 aromatic heterocycles. The number of rotatable bonds is 2. The highest BCUT2D eigenvalue weighted by molar-refractivity contribution is 5.79. The summed E-state index contributed by atoms with van der Waals surface area (Å²) in [6.45, 7) is 6.56. The van der Waals surface area contributed by atoms with Gasteiger partial charge in [-0.05, 0) is 38.0 Å². The van der Waals surface area contributed by atoms with E-state index in [0.717, 1.165) is 36.4 Å². The first-order valence-corrected chi connectivity index (χ1v) is 10.0. The van der Waals surface area contributed by atoms with Gasteiger partial charge in [-0.2, -0.15) is 0 Å². The lowest BCUT2D eigenvalue weighted by Crippen LogP contribution is -2.65. The van der Waals surface area contributed by atoms with Crippen LogP contribution >= 0.6 is 0 Å². The van der Waals surface area contributed by atoms with Crippen LogP contribution in [0.25, 0.3) is 0 Å². The fraction of sp³-hybridized carbons (Fsp3) is 0.478. The molecule has 0 radical (unpaired) electrons. The molecule has 4 heterocycles. The third kappa shape index (κ3) is 2.89. The minimum Gasteiger partial charge on any atom is -0.487 e. The average molecular weight is 378 g/mol. The van der Waals surface area contributed by atoms with Gasteiger partial charge in [0.05, 0.1) is 19.1 Å². The van der Waals surface area contributed by atoms with Crippen molar-refractivity contribution in [2.24, 2.45) is 11.3 Å². The van der Waals surface area contributed by atoms with Crippen LogP contribution in [0.15, 0.2) is 48.8 Å². The second-order valence-electron chi connectivity index (χ2n) is 9.07. The summed E-state index contributed by atoms with van der Waals surface area (Å²) in [4.78, 5) is 18.7. The van der Waals surface area contributed by atoms with Crippen molar-refractivity contribution in [3.63, 3.8) is 0 Å². The van der Waals surface area contributed by atoms with E-state index in [9.17, 15) is 4.79 Å². The first kappa shape index (κ1) is 17.7. The van der Waals surface area contributed by atoms with E-state index in [1.807, 2.05) is 35.2 Å². The van der Waals surface area contributed by atoms with Crippen molar-refractivity contribution in [2.75, 3.05) is 19.7 Å². The molecule has 5 nitrogen and oxygen atoms in total. The first-order chi connectivity index (χ1) is 13.5. The topological polar surface area (TPSA) is 51.7 Å². The Labute approximate surface area is 165 Å². The van der Waals surface area contributed by atoms with Crippen molar-refractivity contribution < 1.29 is 14.3 Å². The maximum absolute atomic E-state index is 12.6. The van der Waals surface area contributed by atoms with Gasteiger partial charge in [-0.3, -0.25) is 9.78 Å². The molecule has 2 aromatic rings. The zero-order valence-corrected chi connectivity index (χ0v) is 16.4. The molecule has 5 heteroatoms. The zero-order chi connectivity index (χ0) is 19.4. The van der Waals surface area contributed by atoms with E-state index in [-0.39, 0.29) is 28.9 Å². The van der Waals surface area contributed by atoms with Crippen molar-refractivity contribution in [2.45, 2.75) is 38.4 Å². The molecular weight excluding hydrogens is 352 g/mol. The van der Waals surface area contributed by atoms with Gasteiger partial charge in [0.2, 0.25) is 5.91 Å². The molecule has 0 N–H and O–H groups in total. The molecular formula is C23H26N2O3. The number of aromatic nitrogens is 1. The number of carbonyl (C=O) groups is 1. The molecule has 5 rings (SSSR count). The molecule has 0 unspecified atom stereocenters. The van der Waals surface area contributed by atoms with Gasteiger partial charge in [0.15, 0.2) is 0 Å². The van der Waals surface area contributed by atoms with Crippen LogP contribution in [-0.4, -0.2) is 41.1 Å². The summed E-state index contributed by atoms with van der Waals surface area (Å²) in [6, 6.07) is 12.0. The fourth-order valence-corrected chi connectivity index (χ4v) is 5.05. The van der Waals surface area contributed by atoms with E-state index in [2.05, 4.69) is 24.9 Å². The number of benzene rings is 1. The normalized spacial score (nSPS) is 26.6. The third-order valence-corrected chi connectivity index (χ3v) is 6.56. The minimum atomic E-state index is -0.285. The quantitative estimate of drug-likeness (QED) is 0.804. The van der Waals surface area contributed by atoms with Crippen LogP contribution in [0.3, 0.4) is 0 Å². The van der Waals surface area contributed by atoms with Crippen LogP contribution in [-0.2, 0) is 16.0 Å². The van der Waals surface area contributed by atoms with Crippen molar-refractivity contribution >= 4 is 5.91 Å². The SMILES string of the molecule is CC1(C)Oc2ccccc2[C@H]2OCC3(C[C@@H]21)CN(C(=O)Cc1cccnc1)C3. The second kappa shape index (κ2) is 6.31. The van der Waals surface area contributed by atoms with Gasteiger partial charge in [-0.25, -0.2) is 0 Å². The van der Waals surface area contributed by atoms with Gasteiger partial charge in [0, 0.05) is 42.4 Å². The van der Waals surface area contributed by atoms with Crippen LogP contribution in [0, 0.1) is 11.3 Å². The lowest BCUT2D eigenvalue weighted by Gasteiger charge is -2.58. The highest BCUT2D eigenvalue weighted by Gasteiger charge is 2.56. The van der Waals surface area contributed by atoms with E-state index in [4.69, 9.17) is 9.47 Å². The molecule has 1 spiro atoms. The third-order valence-electron chi connectivity index (χ3n) is 6.56. The Morgan fingerprint density at radius 3 is 2.82 bits per heavy atom. The summed E-state index contributed by atoms with van der Waals surface area (Å²) in [5.74, 6) is 1.39. The van der Waals surface area contributed by atoms with E-state index >= 15 is 0 Å². The van der Waals surface area contributed by atoms with Crippen LogP contribution < -0.4 is 4.74 Å². The Morgan fingerprint density at radius 1 is 1.21 bits per heavy atom. The van der Waals surface area contributed by atoms with Crippen molar-refractivity contribution in [1.82, 2.24) is 9.88 Å². The summed E-state index contributed by atoms with van der Waals surface area (Å²) in [7, 11) is 0. The van der Waals surface area contributed by atoms with E-state index in [1.54, 1.807) is 12.4 Å².